The van der Waals surface area contributed by atoms with E-state index in [0.29, 0.717) is 17.6 Å². The molecule has 0 aliphatic heterocycles. The lowest BCUT2D eigenvalue weighted by Crippen LogP contribution is -2.45. The van der Waals surface area contributed by atoms with E-state index in [1.54, 1.807) is 6.07 Å². The predicted molar refractivity (Wildman–Crippen MR) is 90.7 cm³/mol. The van der Waals surface area contributed by atoms with Crippen molar-refractivity contribution in [1.29, 1.82) is 0 Å². The summed E-state index contributed by atoms with van der Waals surface area (Å²) in [5.74, 6) is 1.65. The van der Waals surface area contributed by atoms with Crippen molar-refractivity contribution in [2.45, 2.75) is 57.5 Å². The minimum atomic E-state index is -3.90. The molecule has 0 radical (unpaired) electrons. The molecule has 132 valence electrons. The topological polar surface area (TPSA) is 89.6 Å². The second-order valence-corrected chi connectivity index (χ2v) is 9.17. The highest BCUT2D eigenvalue weighted by Gasteiger charge is 2.56. The van der Waals surface area contributed by atoms with E-state index in [1.807, 2.05) is 6.07 Å². The number of phenolic OH excluding ortho intramolecular Hbond substituents is 1. The fourth-order valence-corrected chi connectivity index (χ4v) is 6.51. The van der Waals surface area contributed by atoms with Gasteiger partial charge in [-0.25, -0.2) is 5.14 Å². The Morgan fingerprint density at radius 3 is 2.75 bits per heavy atom. The van der Waals surface area contributed by atoms with Crippen LogP contribution in [0.3, 0.4) is 0 Å². The van der Waals surface area contributed by atoms with Gasteiger partial charge >= 0.3 is 10.3 Å². The quantitative estimate of drug-likeness (QED) is 0.857. The Bertz CT molecular complexity index is 762. The minimum Gasteiger partial charge on any atom is -0.508 e. The first-order chi connectivity index (χ1) is 11.3. The fourth-order valence-electron chi connectivity index (χ4n) is 5.93. The number of hydrogen-bond acceptors (Lipinski definition) is 4. The Kier molecular flexibility index (Phi) is 3.71. The van der Waals surface area contributed by atoms with E-state index in [9.17, 15) is 13.5 Å². The lowest BCUT2D eigenvalue weighted by molar-refractivity contribution is 0.00221. The Labute approximate surface area is 143 Å². The molecule has 5 atom stereocenters. The summed E-state index contributed by atoms with van der Waals surface area (Å²) in [6, 6.07) is 5.77. The third-order valence-electron chi connectivity index (χ3n) is 6.89. The van der Waals surface area contributed by atoms with Crippen molar-refractivity contribution < 1.29 is 17.7 Å². The summed E-state index contributed by atoms with van der Waals surface area (Å²) in [4.78, 5) is 0. The molecule has 0 spiro atoms. The molecular weight excluding hydrogens is 326 g/mol. The van der Waals surface area contributed by atoms with Crippen LogP contribution in [0.5, 0.6) is 5.75 Å². The van der Waals surface area contributed by atoms with Gasteiger partial charge in [0.05, 0.1) is 6.10 Å². The van der Waals surface area contributed by atoms with Gasteiger partial charge < -0.3 is 5.11 Å². The molecule has 0 unspecified atom stereocenters. The van der Waals surface area contributed by atoms with Gasteiger partial charge in [0.2, 0.25) is 0 Å². The third-order valence-corrected chi connectivity index (χ3v) is 7.41. The maximum atomic E-state index is 11.4. The van der Waals surface area contributed by atoms with Gasteiger partial charge in [-0.15, -0.1) is 0 Å². The highest BCUT2D eigenvalue weighted by molar-refractivity contribution is 7.84. The molecule has 3 N–H and O–H groups in total. The highest BCUT2D eigenvalue weighted by Crippen LogP contribution is 2.62. The van der Waals surface area contributed by atoms with E-state index >= 15 is 0 Å². The molecule has 2 saturated carbocycles. The zero-order valence-electron chi connectivity index (χ0n) is 13.9. The summed E-state index contributed by atoms with van der Waals surface area (Å²) >= 11 is 0. The van der Waals surface area contributed by atoms with Crippen LogP contribution < -0.4 is 5.14 Å². The normalized spacial score (nSPS) is 38.2. The van der Waals surface area contributed by atoms with Crippen LogP contribution in [0.4, 0.5) is 0 Å². The molecule has 2 fully saturated rings. The SMILES string of the molecule is C[C@]12CC[C@H](OS(N)(=O)=O)[C@@H]1CC[C@@H]1c3ccc(O)cc3CC[C@H]12. The van der Waals surface area contributed by atoms with E-state index < -0.39 is 10.3 Å². The maximum absolute atomic E-state index is 11.4. The Hall–Kier alpha value is -1.11. The van der Waals surface area contributed by atoms with Gasteiger partial charge in [0.1, 0.15) is 5.75 Å². The van der Waals surface area contributed by atoms with Crippen LogP contribution in [0.2, 0.25) is 0 Å². The van der Waals surface area contributed by atoms with Gasteiger partial charge in [0.25, 0.3) is 0 Å². The smallest absolute Gasteiger partial charge is 0.333 e. The van der Waals surface area contributed by atoms with Crippen molar-refractivity contribution in [3.05, 3.63) is 29.3 Å². The van der Waals surface area contributed by atoms with Crippen LogP contribution >= 0.6 is 0 Å². The predicted octanol–water partition coefficient (Wildman–Crippen LogP) is 2.84. The molecule has 24 heavy (non-hydrogen) atoms. The molecule has 4 rings (SSSR count). The van der Waals surface area contributed by atoms with E-state index in [0.717, 1.165) is 38.5 Å². The zero-order valence-corrected chi connectivity index (χ0v) is 14.8. The summed E-state index contributed by atoms with van der Waals surface area (Å²) in [6.07, 6.45) is 5.58. The van der Waals surface area contributed by atoms with Crippen molar-refractivity contribution in [3.63, 3.8) is 0 Å². The molecule has 0 amide bonds. The van der Waals surface area contributed by atoms with Crippen molar-refractivity contribution in [2.24, 2.45) is 22.4 Å². The molecule has 0 bridgehead atoms. The van der Waals surface area contributed by atoms with E-state index in [1.165, 1.54) is 11.1 Å². The Morgan fingerprint density at radius 2 is 2.00 bits per heavy atom. The number of nitrogens with two attached hydrogens (primary N) is 1. The molecule has 5 nitrogen and oxygen atoms in total. The number of benzene rings is 1. The summed E-state index contributed by atoms with van der Waals surface area (Å²) in [5.41, 5.74) is 2.75. The van der Waals surface area contributed by atoms with Gasteiger partial charge in [-0.3, -0.25) is 4.18 Å². The van der Waals surface area contributed by atoms with Crippen LogP contribution in [0.1, 0.15) is 56.1 Å². The van der Waals surface area contributed by atoms with Crippen LogP contribution in [-0.4, -0.2) is 19.6 Å². The van der Waals surface area contributed by atoms with Gasteiger partial charge in [-0.05, 0) is 85.0 Å². The average molecular weight is 351 g/mol. The Balaban J connectivity index is 1.64. The van der Waals surface area contributed by atoms with Gasteiger partial charge in [-0.1, -0.05) is 13.0 Å². The molecule has 3 aliphatic rings. The van der Waals surface area contributed by atoms with E-state index in [-0.39, 0.29) is 17.4 Å². The fraction of sp³-hybridized carbons (Fsp3) is 0.667. The number of phenols is 1. The van der Waals surface area contributed by atoms with Crippen molar-refractivity contribution >= 4 is 10.3 Å². The summed E-state index contributed by atoms with van der Waals surface area (Å²) in [6.45, 7) is 2.31. The maximum Gasteiger partial charge on any atom is 0.333 e. The van der Waals surface area contributed by atoms with Crippen molar-refractivity contribution in [1.82, 2.24) is 0 Å². The second-order valence-electron chi connectivity index (χ2n) is 7.99. The lowest BCUT2D eigenvalue weighted by Gasteiger charge is -2.51. The molecule has 0 saturated heterocycles. The van der Waals surface area contributed by atoms with Gasteiger partial charge in [0.15, 0.2) is 0 Å². The summed E-state index contributed by atoms with van der Waals surface area (Å²) in [5, 5.41) is 14.9. The van der Waals surface area contributed by atoms with Crippen LogP contribution in [0.25, 0.3) is 0 Å². The van der Waals surface area contributed by atoms with Crippen LogP contribution in [0, 0.1) is 17.3 Å². The number of aromatic hydroxyl groups is 1. The summed E-state index contributed by atoms with van der Waals surface area (Å²) < 4.78 is 28.0. The molecule has 0 heterocycles. The van der Waals surface area contributed by atoms with Crippen LogP contribution in [0.15, 0.2) is 18.2 Å². The summed E-state index contributed by atoms with van der Waals surface area (Å²) in [7, 11) is -3.90. The molecule has 1 aromatic rings. The number of aryl methyl sites for hydroxylation is 1. The zero-order chi connectivity index (χ0) is 17.1. The van der Waals surface area contributed by atoms with Gasteiger partial charge in [-0.2, -0.15) is 8.42 Å². The molecular formula is C18H25NO4S. The van der Waals surface area contributed by atoms with E-state index in [4.69, 9.17) is 9.32 Å². The van der Waals surface area contributed by atoms with Crippen molar-refractivity contribution in [2.75, 3.05) is 0 Å². The number of rotatable bonds is 2. The number of fused-ring (bicyclic) bond motifs is 5. The molecule has 3 aliphatic carbocycles. The lowest BCUT2D eigenvalue weighted by atomic mass is 9.53. The third kappa shape index (κ3) is 2.55. The minimum absolute atomic E-state index is 0.105. The average Bonchev–Trinajstić information content (AvgIpc) is 2.81. The first kappa shape index (κ1) is 16.4. The molecule has 0 aromatic heterocycles. The second kappa shape index (κ2) is 5.44. The number of hydrogen-bond donors (Lipinski definition) is 2. The first-order valence-electron chi connectivity index (χ1n) is 8.81. The Morgan fingerprint density at radius 1 is 1.21 bits per heavy atom. The largest absolute Gasteiger partial charge is 0.508 e. The molecule has 1 aromatic carbocycles. The van der Waals surface area contributed by atoms with Crippen molar-refractivity contribution in [3.8, 4) is 5.75 Å². The van der Waals surface area contributed by atoms with Gasteiger partial charge in [0, 0.05) is 0 Å². The first-order valence-corrected chi connectivity index (χ1v) is 10.3. The molecule has 6 heteroatoms. The van der Waals surface area contributed by atoms with Crippen LogP contribution in [-0.2, 0) is 20.9 Å². The highest BCUT2D eigenvalue weighted by atomic mass is 32.2. The standard InChI is InChI=1S/C18H25NO4S/c1-18-9-8-17(23-24(19,21)22)16(18)7-5-14-13-4-3-12(20)10-11(13)2-6-15(14)18/h3-4,10,14-17,20H,2,5-9H2,1H3,(H2,19,21,22)/t14-,15-,16+,17+,18-/m1/s1. The monoisotopic (exact) mass is 351 g/mol. The van der Waals surface area contributed by atoms with E-state index in [2.05, 4.69) is 13.0 Å².